The molecule has 6 nitrogen and oxygen atoms in total. The third-order valence-electron chi connectivity index (χ3n) is 5.45. The zero-order valence-corrected chi connectivity index (χ0v) is 17.9. The van der Waals surface area contributed by atoms with Gasteiger partial charge in [0.15, 0.2) is 0 Å². The van der Waals surface area contributed by atoms with E-state index in [2.05, 4.69) is 19.3 Å². The average molecular weight is 411 g/mol. The van der Waals surface area contributed by atoms with Crippen molar-refractivity contribution >= 4 is 17.5 Å². The van der Waals surface area contributed by atoms with Crippen molar-refractivity contribution in [3.05, 3.63) is 59.7 Å². The number of nitrogens with zero attached hydrogens (tertiary/aromatic N) is 1. The zero-order valence-electron chi connectivity index (χ0n) is 17.9. The van der Waals surface area contributed by atoms with Gasteiger partial charge in [-0.05, 0) is 30.7 Å². The summed E-state index contributed by atoms with van der Waals surface area (Å²) in [6, 6.07) is 14.4. The number of hydrogen-bond acceptors (Lipinski definition) is 3. The van der Waals surface area contributed by atoms with Crippen molar-refractivity contribution in [2.45, 2.75) is 26.2 Å². The molecule has 2 amide bonds. The van der Waals surface area contributed by atoms with Gasteiger partial charge in [0.05, 0.1) is 56.6 Å². The number of amides is 2. The minimum absolute atomic E-state index is 0.0394. The van der Waals surface area contributed by atoms with E-state index in [1.54, 1.807) is 18.2 Å². The van der Waals surface area contributed by atoms with E-state index in [9.17, 15) is 9.59 Å². The standard InChI is InChI=1S/C24H31N3O3/c1-3-4-9-18-30-22-13-8-6-11-20(22)23(28)25-21-12-7-5-10-19(21)24(29)27-16-14-26(2)15-17-27/h5-8,10-13H,3-4,9,14-18H2,1-2H3,(H,25,28)/p+1. The lowest BCUT2D eigenvalue weighted by Gasteiger charge is -2.30. The van der Waals surface area contributed by atoms with E-state index in [0.29, 0.717) is 29.2 Å². The number of quaternary nitrogens is 1. The molecule has 3 rings (SSSR count). The van der Waals surface area contributed by atoms with Crippen LogP contribution in [-0.4, -0.2) is 56.5 Å². The minimum atomic E-state index is -0.274. The molecule has 0 unspecified atom stereocenters. The summed E-state index contributed by atoms with van der Waals surface area (Å²) in [6.07, 6.45) is 3.17. The fourth-order valence-corrected chi connectivity index (χ4v) is 3.54. The third kappa shape index (κ3) is 5.60. The van der Waals surface area contributed by atoms with E-state index in [4.69, 9.17) is 4.74 Å². The van der Waals surface area contributed by atoms with Crippen LogP contribution in [0.2, 0.25) is 0 Å². The largest absolute Gasteiger partial charge is 0.493 e. The molecular formula is C24H32N3O3+. The highest BCUT2D eigenvalue weighted by Gasteiger charge is 2.25. The monoisotopic (exact) mass is 410 g/mol. The summed E-state index contributed by atoms with van der Waals surface area (Å²) in [5.41, 5.74) is 1.52. The maximum atomic E-state index is 13.1. The molecule has 160 valence electrons. The maximum absolute atomic E-state index is 13.1. The van der Waals surface area contributed by atoms with Crippen LogP contribution in [0.5, 0.6) is 5.75 Å². The first-order valence-corrected chi connectivity index (χ1v) is 10.8. The molecule has 1 heterocycles. The Morgan fingerprint density at radius 2 is 1.67 bits per heavy atom. The first-order chi connectivity index (χ1) is 14.6. The number of piperazine rings is 1. The predicted molar refractivity (Wildman–Crippen MR) is 118 cm³/mol. The lowest BCUT2D eigenvalue weighted by atomic mass is 10.1. The van der Waals surface area contributed by atoms with Gasteiger partial charge < -0.3 is 19.9 Å². The van der Waals surface area contributed by atoms with Gasteiger partial charge in [-0.1, -0.05) is 44.0 Å². The molecule has 1 fully saturated rings. The van der Waals surface area contributed by atoms with E-state index >= 15 is 0 Å². The number of para-hydroxylation sites is 2. The summed E-state index contributed by atoms with van der Waals surface area (Å²) >= 11 is 0. The van der Waals surface area contributed by atoms with E-state index in [1.807, 2.05) is 35.2 Å². The summed E-state index contributed by atoms with van der Waals surface area (Å²) in [5.74, 6) is 0.253. The summed E-state index contributed by atoms with van der Waals surface area (Å²) in [7, 11) is 2.14. The van der Waals surface area contributed by atoms with Gasteiger partial charge in [-0.3, -0.25) is 9.59 Å². The zero-order chi connectivity index (χ0) is 21.3. The molecule has 0 saturated carbocycles. The normalized spacial score (nSPS) is 14.4. The number of unbranched alkanes of at least 4 members (excludes halogenated alkanes) is 2. The van der Waals surface area contributed by atoms with Crippen LogP contribution in [0, 0.1) is 0 Å². The summed E-state index contributed by atoms with van der Waals surface area (Å²) < 4.78 is 5.84. The third-order valence-corrected chi connectivity index (χ3v) is 5.45. The van der Waals surface area contributed by atoms with Crippen LogP contribution in [-0.2, 0) is 0 Å². The first kappa shape index (κ1) is 21.8. The molecule has 1 aliphatic rings. The predicted octanol–water partition coefficient (Wildman–Crippen LogP) is 2.48. The van der Waals surface area contributed by atoms with Gasteiger partial charge in [-0.2, -0.15) is 0 Å². The molecule has 0 atom stereocenters. The van der Waals surface area contributed by atoms with Gasteiger partial charge in [-0.25, -0.2) is 0 Å². The molecule has 0 bridgehead atoms. The Bertz CT molecular complexity index is 860. The van der Waals surface area contributed by atoms with Gasteiger partial charge >= 0.3 is 0 Å². The van der Waals surface area contributed by atoms with Gasteiger partial charge in [-0.15, -0.1) is 0 Å². The highest BCUT2D eigenvalue weighted by atomic mass is 16.5. The number of anilines is 1. The second-order valence-electron chi connectivity index (χ2n) is 7.80. The van der Waals surface area contributed by atoms with Crippen LogP contribution in [0.25, 0.3) is 0 Å². The highest BCUT2D eigenvalue weighted by molar-refractivity contribution is 6.10. The SMILES string of the molecule is CCCCCOc1ccccc1C(=O)Nc1ccccc1C(=O)N1CC[NH+](C)CC1. The first-order valence-electron chi connectivity index (χ1n) is 10.8. The van der Waals surface area contributed by atoms with Crippen LogP contribution in [0.1, 0.15) is 46.9 Å². The number of ether oxygens (including phenoxy) is 1. The molecule has 30 heavy (non-hydrogen) atoms. The number of hydrogen-bond donors (Lipinski definition) is 2. The van der Waals surface area contributed by atoms with Gasteiger partial charge in [0.25, 0.3) is 11.8 Å². The van der Waals surface area contributed by atoms with Gasteiger partial charge in [0, 0.05) is 0 Å². The number of rotatable bonds is 8. The number of carbonyl (C=O) groups excluding carboxylic acids is 2. The summed E-state index contributed by atoms with van der Waals surface area (Å²) in [6.45, 7) is 6.04. The quantitative estimate of drug-likeness (QED) is 0.658. The Labute approximate surface area is 178 Å². The number of nitrogens with one attached hydrogen (secondary N) is 2. The Morgan fingerprint density at radius 1 is 1.00 bits per heavy atom. The Morgan fingerprint density at radius 3 is 2.40 bits per heavy atom. The van der Waals surface area contributed by atoms with Crippen molar-refractivity contribution in [2.75, 3.05) is 45.2 Å². The van der Waals surface area contributed by atoms with E-state index < -0.39 is 0 Å². The van der Waals surface area contributed by atoms with Gasteiger partial charge in [0.1, 0.15) is 5.75 Å². The van der Waals surface area contributed by atoms with Crippen molar-refractivity contribution in [1.82, 2.24) is 4.90 Å². The Kier molecular flexibility index (Phi) is 7.85. The fraction of sp³-hybridized carbons (Fsp3) is 0.417. The Hall–Kier alpha value is -2.86. The van der Waals surface area contributed by atoms with E-state index in [0.717, 1.165) is 45.4 Å². The average Bonchev–Trinajstić information content (AvgIpc) is 2.77. The van der Waals surface area contributed by atoms with Crippen LogP contribution < -0.4 is 15.0 Å². The molecule has 1 aliphatic heterocycles. The summed E-state index contributed by atoms with van der Waals surface area (Å²) in [5, 5.41) is 2.93. The van der Waals surface area contributed by atoms with E-state index in [1.165, 1.54) is 4.90 Å². The molecule has 6 heteroatoms. The van der Waals surface area contributed by atoms with Crippen LogP contribution >= 0.6 is 0 Å². The lowest BCUT2D eigenvalue weighted by Crippen LogP contribution is -3.12. The smallest absolute Gasteiger partial charge is 0.259 e. The van der Waals surface area contributed by atoms with Gasteiger partial charge in [0.2, 0.25) is 0 Å². The molecule has 0 radical (unpaired) electrons. The van der Waals surface area contributed by atoms with Crippen LogP contribution in [0.15, 0.2) is 48.5 Å². The number of likely N-dealkylation sites (N-methyl/N-ethyl adjacent to an activating group) is 1. The molecule has 0 aromatic heterocycles. The van der Waals surface area contributed by atoms with Crippen molar-refractivity contribution in [2.24, 2.45) is 0 Å². The van der Waals surface area contributed by atoms with Crippen molar-refractivity contribution in [3.8, 4) is 5.75 Å². The van der Waals surface area contributed by atoms with Crippen molar-refractivity contribution in [1.29, 1.82) is 0 Å². The minimum Gasteiger partial charge on any atom is -0.493 e. The van der Waals surface area contributed by atoms with Crippen LogP contribution in [0.3, 0.4) is 0 Å². The summed E-state index contributed by atoms with van der Waals surface area (Å²) in [4.78, 5) is 29.3. The maximum Gasteiger partial charge on any atom is 0.259 e. The molecule has 1 saturated heterocycles. The molecule has 2 aromatic rings. The number of carbonyl (C=O) groups is 2. The molecular weight excluding hydrogens is 378 g/mol. The molecule has 2 N–H and O–H groups in total. The number of benzene rings is 2. The molecule has 0 aliphatic carbocycles. The Balaban J connectivity index is 1.73. The fourth-order valence-electron chi connectivity index (χ4n) is 3.54. The topological polar surface area (TPSA) is 63.1 Å². The highest BCUT2D eigenvalue weighted by Crippen LogP contribution is 2.23. The van der Waals surface area contributed by atoms with Crippen LogP contribution in [0.4, 0.5) is 5.69 Å². The second-order valence-corrected chi connectivity index (χ2v) is 7.80. The van der Waals surface area contributed by atoms with Crippen molar-refractivity contribution in [3.63, 3.8) is 0 Å². The van der Waals surface area contributed by atoms with Crippen molar-refractivity contribution < 1.29 is 19.2 Å². The lowest BCUT2D eigenvalue weighted by molar-refractivity contribution is -0.883. The second kappa shape index (κ2) is 10.8. The molecule has 2 aromatic carbocycles. The van der Waals surface area contributed by atoms with E-state index in [-0.39, 0.29) is 11.8 Å². The molecule has 0 spiro atoms.